The molecule has 1 aromatic rings. The van der Waals surface area contributed by atoms with Gasteiger partial charge in [-0.05, 0) is 36.2 Å². The molecular formula is C14H20Si. The van der Waals surface area contributed by atoms with Crippen LogP contribution in [0.2, 0.25) is 19.6 Å². The first-order valence-electron chi connectivity index (χ1n) is 6.11. The van der Waals surface area contributed by atoms with Crippen molar-refractivity contribution in [2.45, 2.75) is 44.3 Å². The van der Waals surface area contributed by atoms with Crippen molar-refractivity contribution in [1.29, 1.82) is 0 Å². The van der Waals surface area contributed by atoms with Gasteiger partial charge in [0.25, 0.3) is 0 Å². The molecule has 3 fully saturated rings. The van der Waals surface area contributed by atoms with Gasteiger partial charge in [-0.25, -0.2) is 0 Å². The van der Waals surface area contributed by atoms with Crippen LogP contribution < -0.4 is 5.19 Å². The SMILES string of the molecule is C[Si](C)(C)c1ccc(C23CC(C2)C3)cc1. The smallest absolute Gasteiger partial charge is 0.0656 e. The van der Waals surface area contributed by atoms with Gasteiger partial charge in [0.1, 0.15) is 0 Å². The maximum absolute atomic E-state index is 2.42. The van der Waals surface area contributed by atoms with Gasteiger partial charge in [-0.15, -0.1) is 0 Å². The van der Waals surface area contributed by atoms with Gasteiger partial charge in [0.2, 0.25) is 0 Å². The second kappa shape index (κ2) is 2.76. The lowest BCUT2D eigenvalue weighted by Crippen LogP contribution is -2.55. The van der Waals surface area contributed by atoms with E-state index in [4.69, 9.17) is 0 Å². The van der Waals surface area contributed by atoms with Crippen molar-refractivity contribution in [3.05, 3.63) is 29.8 Å². The van der Waals surface area contributed by atoms with Crippen LogP contribution in [0.4, 0.5) is 0 Å². The fourth-order valence-corrected chi connectivity index (χ4v) is 4.32. The van der Waals surface area contributed by atoms with E-state index in [-0.39, 0.29) is 0 Å². The van der Waals surface area contributed by atoms with E-state index in [1.54, 1.807) is 10.8 Å². The standard InChI is InChI=1S/C14H20Si/c1-15(2,3)13-6-4-12(5-7-13)14-8-11(9-14)10-14/h4-7,11H,8-10H2,1-3H3. The van der Waals surface area contributed by atoms with Crippen molar-refractivity contribution in [3.8, 4) is 0 Å². The summed E-state index contributed by atoms with van der Waals surface area (Å²) in [6, 6.07) is 9.59. The summed E-state index contributed by atoms with van der Waals surface area (Å²) in [5.74, 6) is 1.08. The lowest BCUT2D eigenvalue weighted by Gasteiger charge is -2.62. The third kappa shape index (κ3) is 1.32. The van der Waals surface area contributed by atoms with Gasteiger partial charge in [-0.1, -0.05) is 49.1 Å². The first kappa shape index (κ1) is 9.65. The molecular weight excluding hydrogens is 196 g/mol. The monoisotopic (exact) mass is 216 g/mol. The molecule has 0 atom stereocenters. The first-order valence-corrected chi connectivity index (χ1v) is 9.61. The fraction of sp³-hybridized carbons (Fsp3) is 0.571. The minimum absolute atomic E-state index is 0.642. The van der Waals surface area contributed by atoms with Gasteiger partial charge in [-0.3, -0.25) is 0 Å². The Morgan fingerprint density at radius 2 is 1.53 bits per heavy atom. The van der Waals surface area contributed by atoms with Crippen molar-refractivity contribution in [1.82, 2.24) is 0 Å². The van der Waals surface area contributed by atoms with E-state index in [1.807, 2.05) is 0 Å². The van der Waals surface area contributed by atoms with Crippen LogP contribution in [-0.2, 0) is 5.41 Å². The van der Waals surface area contributed by atoms with E-state index in [2.05, 4.69) is 43.9 Å². The fourth-order valence-electron chi connectivity index (χ4n) is 3.16. The normalized spacial score (nSPS) is 33.1. The molecule has 0 aromatic heterocycles. The number of hydrogen-bond donors (Lipinski definition) is 0. The molecule has 3 saturated carbocycles. The molecule has 4 rings (SSSR count). The maximum Gasteiger partial charge on any atom is 0.0775 e. The lowest BCUT2D eigenvalue weighted by molar-refractivity contribution is -0.0273. The minimum atomic E-state index is -1.09. The Hall–Kier alpha value is -0.563. The molecule has 15 heavy (non-hydrogen) atoms. The van der Waals surface area contributed by atoms with Gasteiger partial charge in [0.05, 0.1) is 8.07 Å². The molecule has 0 N–H and O–H groups in total. The minimum Gasteiger partial charge on any atom is -0.0656 e. The van der Waals surface area contributed by atoms with E-state index in [0.717, 1.165) is 5.92 Å². The van der Waals surface area contributed by atoms with E-state index < -0.39 is 8.07 Å². The zero-order valence-corrected chi connectivity index (χ0v) is 11.0. The summed E-state index contributed by atoms with van der Waals surface area (Å²) >= 11 is 0. The van der Waals surface area contributed by atoms with E-state index in [9.17, 15) is 0 Å². The molecule has 0 radical (unpaired) electrons. The molecule has 0 nitrogen and oxygen atoms in total. The van der Waals surface area contributed by atoms with Gasteiger partial charge in [0, 0.05) is 0 Å². The van der Waals surface area contributed by atoms with Crippen LogP contribution in [0.5, 0.6) is 0 Å². The molecule has 1 heteroatoms. The second-order valence-corrected chi connectivity index (χ2v) is 11.7. The van der Waals surface area contributed by atoms with E-state index in [1.165, 1.54) is 19.3 Å². The van der Waals surface area contributed by atoms with Crippen LogP contribution in [0, 0.1) is 5.92 Å². The highest BCUT2D eigenvalue weighted by Gasteiger charge is 2.57. The maximum atomic E-state index is 2.42. The molecule has 0 spiro atoms. The summed E-state index contributed by atoms with van der Waals surface area (Å²) < 4.78 is 0. The molecule has 0 heterocycles. The number of benzene rings is 1. The van der Waals surface area contributed by atoms with Crippen LogP contribution in [0.3, 0.4) is 0 Å². The van der Waals surface area contributed by atoms with E-state index in [0.29, 0.717) is 5.41 Å². The van der Waals surface area contributed by atoms with Gasteiger partial charge in [0.15, 0.2) is 0 Å². The zero-order chi connectivity index (χ0) is 10.7. The average Bonchev–Trinajstić information content (AvgIpc) is 1.97. The molecule has 80 valence electrons. The van der Waals surface area contributed by atoms with Crippen molar-refractivity contribution in [3.63, 3.8) is 0 Å². The predicted octanol–water partition coefficient (Wildman–Crippen LogP) is 3.28. The Morgan fingerprint density at radius 3 is 1.87 bits per heavy atom. The van der Waals surface area contributed by atoms with Crippen molar-refractivity contribution < 1.29 is 0 Å². The third-order valence-corrected chi connectivity index (χ3v) is 6.47. The summed E-state index contributed by atoms with van der Waals surface area (Å²) in [6.45, 7) is 7.26. The van der Waals surface area contributed by atoms with Gasteiger partial charge >= 0.3 is 0 Å². The summed E-state index contributed by atoms with van der Waals surface area (Å²) in [4.78, 5) is 0. The zero-order valence-electron chi connectivity index (χ0n) is 10.0. The Bertz CT molecular complexity index is 366. The third-order valence-electron chi connectivity index (χ3n) is 4.40. The lowest BCUT2D eigenvalue weighted by atomic mass is 9.42. The van der Waals surface area contributed by atoms with Crippen molar-refractivity contribution in [2.24, 2.45) is 5.92 Å². The van der Waals surface area contributed by atoms with Crippen LogP contribution in [0.15, 0.2) is 24.3 Å². The Kier molecular flexibility index (Phi) is 1.78. The Labute approximate surface area is 93.7 Å². The highest BCUT2D eigenvalue weighted by atomic mass is 28.3. The number of rotatable bonds is 2. The largest absolute Gasteiger partial charge is 0.0775 e. The van der Waals surface area contributed by atoms with Crippen LogP contribution in [-0.4, -0.2) is 8.07 Å². The molecule has 1 aromatic carbocycles. The highest BCUT2D eigenvalue weighted by Crippen LogP contribution is 2.64. The van der Waals surface area contributed by atoms with E-state index >= 15 is 0 Å². The molecule has 0 saturated heterocycles. The average molecular weight is 216 g/mol. The van der Waals surface area contributed by atoms with Crippen LogP contribution >= 0.6 is 0 Å². The van der Waals surface area contributed by atoms with Crippen LogP contribution in [0.25, 0.3) is 0 Å². The molecule has 3 aliphatic rings. The molecule has 0 amide bonds. The number of hydrogen-bond acceptors (Lipinski definition) is 0. The highest BCUT2D eigenvalue weighted by molar-refractivity contribution is 6.88. The van der Waals surface area contributed by atoms with Crippen molar-refractivity contribution >= 4 is 13.3 Å². The van der Waals surface area contributed by atoms with Crippen LogP contribution in [0.1, 0.15) is 24.8 Å². The van der Waals surface area contributed by atoms with Gasteiger partial charge in [-0.2, -0.15) is 0 Å². The Morgan fingerprint density at radius 1 is 1.00 bits per heavy atom. The topological polar surface area (TPSA) is 0 Å². The summed E-state index contributed by atoms with van der Waals surface area (Å²) in [5, 5.41) is 1.60. The first-order chi connectivity index (χ1) is 7.00. The predicted molar refractivity (Wildman–Crippen MR) is 68.4 cm³/mol. The molecule has 0 unspecified atom stereocenters. The summed E-state index contributed by atoms with van der Waals surface area (Å²) in [7, 11) is -1.09. The quantitative estimate of drug-likeness (QED) is 0.666. The molecule has 2 bridgehead atoms. The van der Waals surface area contributed by atoms with Crippen molar-refractivity contribution in [2.75, 3.05) is 0 Å². The Balaban J connectivity index is 1.88. The summed E-state index contributed by atoms with van der Waals surface area (Å²) in [5.41, 5.74) is 2.26. The molecule has 0 aliphatic heterocycles. The van der Waals surface area contributed by atoms with Gasteiger partial charge < -0.3 is 0 Å². The molecule has 3 aliphatic carbocycles. The second-order valence-electron chi connectivity index (χ2n) is 6.59. The summed E-state index contributed by atoms with van der Waals surface area (Å²) in [6.07, 6.45) is 4.41.